The van der Waals surface area contributed by atoms with E-state index in [0.29, 0.717) is 18.6 Å². The molecule has 0 aromatic heterocycles. The Hall–Kier alpha value is -1.35. The number of hydrogen-bond acceptors (Lipinski definition) is 2. The molecule has 1 fully saturated rings. The van der Waals surface area contributed by atoms with Crippen LogP contribution in [-0.2, 0) is 4.79 Å². The second kappa shape index (κ2) is 6.40. The lowest BCUT2D eigenvalue weighted by Crippen LogP contribution is -2.47. The van der Waals surface area contributed by atoms with Gasteiger partial charge in [0.1, 0.15) is 0 Å². The summed E-state index contributed by atoms with van der Waals surface area (Å²) in [5.74, 6) is 0.0950. The molecule has 1 aromatic carbocycles. The van der Waals surface area contributed by atoms with E-state index in [4.69, 9.17) is 0 Å². The van der Waals surface area contributed by atoms with Crippen LogP contribution in [0.3, 0.4) is 0 Å². The summed E-state index contributed by atoms with van der Waals surface area (Å²) in [6, 6.07) is 7.13. The van der Waals surface area contributed by atoms with Gasteiger partial charge in [0.05, 0.1) is 6.54 Å². The van der Waals surface area contributed by atoms with Crippen LogP contribution in [-0.4, -0.2) is 29.4 Å². The third-order valence-corrected chi connectivity index (χ3v) is 4.36. The Labute approximate surface area is 122 Å². The lowest BCUT2D eigenvalue weighted by molar-refractivity contribution is -0.118. The molecule has 0 spiro atoms. The number of benzene rings is 1. The highest BCUT2D eigenvalue weighted by Gasteiger charge is 2.26. The maximum Gasteiger partial charge on any atom is 0.238 e. The molecule has 2 atom stereocenters. The first kappa shape index (κ1) is 15.0. The molecule has 1 aliphatic heterocycles. The average molecular weight is 274 g/mol. The Bertz CT molecular complexity index is 474. The number of likely N-dealkylation sites (tertiary alicyclic amines) is 1. The lowest BCUT2D eigenvalue weighted by Gasteiger charge is -2.38. The number of anilines is 1. The van der Waals surface area contributed by atoms with Gasteiger partial charge in [0.25, 0.3) is 0 Å². The monoisotopic (exact) mass is 274 g/mol. The van der Waals surface area contributed by atoms with E-state index in [9.17, 15) is 4.79 Å². The number of nitrogens with zero attached hydrogens (tertiary/aromatic N) is 1. The first-order valence-electron chi connectivity index (χ1n) is 7.60. The fraction of sp³-hybridized carbons (Fsp3) is 0.588. The SMILES string of the molecule is Cc1ccc(NC(=O)CN2C(C)CCCC2C)c(C)c1. The van der Waals surface area contributed by atoms with Gasteiger partial charge in [-0.25, -0.2) is 0 Å². The molecule has 0 saturated carbocycles. The highest BCUT2D eigenvalue weighted by molar-refractivity contribution is 5.93. The Morgan fingerprint density at radius 1 is 1.25 bits per heavy atom. The van der Waals surface area contributed by atoms with Crippen molar-refractivity contribution in [3.05, 3.63) is 29.3 Å². The van der Waals surface area contributed by atoms with Crippen LogP contribution in [0.25, 0.3) is 0 Å². The highest BCUT2D eigenvalue weighted by Crippen LogP contribution is 2.22. The van der Waals surface area contributed by atoms with Crippen LogP contribution in [0.1, 0.15) is 44.2 Å². The van der Waals surface area contributed by atoms with Crippen LogP contribution < -0.4 is 5.32 Å². The molecular formula is C17H26N2O. The number of piperidine rings is 1. The van der Waals surface area contributed by atoms with Crippen molar-refractivity contribution in [2.24, 2.45) is 0 Å². The van der Waals surface area contributed by atoms with Gasteiger partial charge >= 0.3 is 0 Å². The Morgan fingerprint density at radius 2 is 1.90 bits per heavy atom. The number of nitrogens with one attached hydrogen (secondary N) is 1. The van der Waals surface area contributed by atoms with Crippen molar-refractivity contribution in [3.63, 3.8) is 0 Å². The molecule has 20 heavy (non-hydrogen) atoms. The predicted molar refractivity (Wildman–Crippen MR) is 84.0 cm³/mol. The van der Waals surface area contributed by atoms with Crippen molar-refractivity contribution in [2.45, 2.75) is 59.0 Å². The number of amides is 1. The molecule has 1 heterocycles. The average Bonchev–Trinajstić information content (AvgIpc) is 2.37. The molecule has 1 saturated heterocycles. The minimum atomic E-state index is 0.0950. The maximum atomic E-state index is 12.3. The van der Waals surface area contributed by atoms with Crippen LogP contribution in [0.5, 0.6) is 0 Å². The van der Waals surface area contributed by atoms with Crippen molar-refractivity contribution < 1.29 is 4.79 Å². The van der Waals surface area contributed by atoms with Crippen molar-refractivity contribution in [1.82, 2.24) is 4.90 Å². The van der Waals surface area contributed by atoms with E-state index in [1.54, 1.807) is 0 Å². The van der Waals surface area contributed by atoms with Crippen LogP contribution in [0.4, 0.5) is 5.69 Å². The van der Waals surface area contributed by atoms with E-state index >= 15 is 0 Å². The summed E-state index contributed by atoms with van der Waals surface area (Å²) in [4.78, 5) is 14.6. The summed E-state index contributed by atoms with van der Waals surface area (Å²) in [5, 5.41) is 3.05. The first-order chi connectivity index (χ1) is 9.47. The van der Waals surface area contributed by atoms with Gasteiger partial charge in [0.15, 0.2) is 0 Å². The van der Waals surface area contributed by atoms with Gasteiger partial charge in [-0.15, -0.1) is 0 Å². The molecule has 110 valence electrons. The van der Waals surface area contributed by atoms with Crippen molar-refractivity contribution in [1.29, 1.82) is 0 Å². The van der Waals surface area contributed by atoms with Gasteiger partial charge in [-0.2, -0.15) is 0 Å². The van der Waals surface area contributed by atoms with Crippen LogP contribution in [0.15, 0.2) is 18.2 Å². The van der Waals surface area contributed by atoms with E-state index < -0.39 is 0 Å². The molecule has 2 rings (SSSR count). The third kappa shape index (κ3) is 3.60. The van der Waals surface area contributed by atoms with E-state index in [1.165, 1.54) is 24.8 Å². The molecule has 3 nitrogen and oxygen atoms in total. The summed E-state index contributed by atoms with van der Waals surface area (Å²) in [6.07, 6.45) is 3.67. The van der Waals surface area contributed by atoms with Gasteiger partial charge in [-0.3, -0.25) is 9.69 Å². The number of hydrogen-bond donors (Lipinski definition) is 1. The standard InChI is InChI=1S/C17H26N2O/c1-12-8-9-16(13(2)10-12)18-17(20)11-19-14(3)6-5-7-15(19)4/h8-10,14-15H,5-7,11H2,1-4H3,(H,18,20). The number of carbonyl (C=O) groups is 1. The largest absolute Gasteiger partial charge is 0.325 e. The minimum absolute atomic E-state index is 0.0950. The quantitative estimate of drug-likeness (QED) is 0.915. The Kier molecular flexibility index (Phi) is 4.81. The Morgan fingerprint density at radius 3 is 2.50 bits per heavy atom. The molecule has 1 aromatic rings. The summed E-state index contributed by atoms with van der Waals surface area (Å²) >= 11 is 0. The normalized spacial score (nSPS) is 23.6. The molecule has 1 aliphatic rings. The third-order valence-electron chi connectivity index (χ3n) is 4.36. The van der Waals surface area contributed by atoms with E-state index in [2.05, 4.69) is 37.1 Å². The van der Waals surface area contributed by atoms with Gasteiger partial charge in [-0.1, -0.05) is 24.1 Å². The molecular weight excluding hydrogens is 248 g/mol. The van der Waals surface area contributed by atoms with Crippen molar-refractivity contribution >= 4 is 11.6 Å². The topological polar surface area (TPSA) is 32.3 Å². The second-order valence-corrected chi connectivity index (χ2v) is 6.17. The summed E-state index contributed by atoms with van der Waals surface area (Å²) in [6.45, 7) is 9.04. The number of aryl methyl sites for hydroxylation is 2. The van der Waals surface area contributed by atoms with E-state index in [1.807, 2.05) is 19.1 Å². The van der Waals surface area contributed by atoms with Gasteiger partial charge in [0.2, 0.25) is 5.91 Å². The molecule has 1 amide bonds. The zero-order valence-corrected chi connectivity index (χ0v) is 13.1. The molecule has 0 bridgehead atoms. The zero-order valence-electron chi connectivity index (χ0n) is 13.1. The van der Waals surface area contributed by atoms with Gasteiger partial charge < -0.3 is 5.32 Å². The van der Waals surface area contributed by atoms with E-state index in [-0.39, 0.29) is 5.91 Å². The van der Waals surface area contributed by atoms with E-state index in [0.717, 1.165) is 11.3 Å². The van der Waals surface area contributed by atoms with Crippen molar-refractivity contribution in [3.8, 4) is 0 Å². The molecule has 1 N–H and O–H groups in total. The lowest BCUT2D eigenvalue weighted by atomic mass is 9.97. The number of carbonyl (C=O) groups excluding carboxylic acids is 1. The van der Waals surface area contributed by atoms with Gasteiger partial charge in [-0.05, 0) is 52.2 Å². The summed E-state index contributed by atoms with van der Waals surface area (Å²) < 4.78 is 0. The first-order valence-corrected chi connectivity index (χ1v) is 7.60. The zero-order chi connectivity index (χ0) is 14.7. The Balaban J connectivity index is 1.98. The molecule has 2 unspecified atom stereocenters. The highest BCUT2D eigenvalue weighted by atomic mass is 16.2. The summed E-state index contributed by atoms with van der Waals surface area (Å²) in [5.41, 5.74) is 3.27. The minimum Gasteiger partial charge on any atom is -0.325 e. The summed E-state index contributed by atoms with van der Waals surface area (Å²) in [7, 11) is 0. The smallest absolute Gasteiger partial charge is 0.238 e. The number of rotatable bonds is 3. The van der Waals surface area contributed by atoms with Crippen molar-refractivity contribution in [2.75, 3.05) is 11.9 Å². The molecule has 0 aliphatic carbocycles. The second-order valence-electron chi connectivity index (χ2n) is 6.17. The fourth-order valence-electron chi connectivity index (χ4n) is 3.10. The van der Waals surface area contributed by atoms with Crippen LogP contribution >= 0.6 is 0 Å². The van der Waals surface area contributed by atoms with Crippen LogP contribution in [0, 0.1) is 13.8 Å². The maximum absolute atomic E-state index is 12.3. The predicted octanol–water partition coefficient (Wildman–Crippen LogP) is 3.50. The van der Waals surface area contributed by atoms with Gasteiger partial charge in [0, 0.05) is 17.8 Å². The molecule has 3 heteroatoms. The van der Waals surface area contributed by atoms with Crippen LogP contribution in [0.2, 0.25) is 0 Å². The fourth-order valence-corrected chi connectivity index (χ4v) is 3.10. The molecule has 0 radical (unpaired) electrons.